The molecule has 0 spiro atoms. The second-order valence-corrected chi connectivity index (χ2v) is 3.49. The van der Waals surface area contributed by atoms with Gasteiger partial charge in [0.2, 0.25) is 0 Å². The molecule has 0 fully saturated rings. The molecule has 0 rings (SSSR count). The van der Waals surface area contributed by atoms with Crippen LogP contribution in [0, 0.1) is 11.8 Å². The number of hydrogen-bond acceptors (Lipinski definition) is 4. The molecule has 1 unspecified atom stereocenters. The Morgan fingerprint density at radius 2 is 1.60 bits per heavy atom. The maximum absolute atomic E-state index is 10.5. The van der Waals surface area contributed by atoms with Gasteiger partial charge < -0.3 is 19.8 Å². The molecule has 0 amide bonds. The monoisotopic (exact) mass is 240 g/mol. The summed E-state index contributed by atoms with van der Waals surface area (Å²) in [5.74, 6) is -4.42. The second-order valence-electron chi connectivity index (χ2n) is 3.49. The summed E-state index contributed by atoms with van der Waals surface area (Å²) in [6.45, 7) is 3.90. The van der Waals surface area contributed by atoms with Crippen LogP contribution in [0.15, 0.2) is 0 Å². The maximum atomic E-state index is 10.5. The van der Waals surface area contributed by atoms with E-state index in [1.807, 2.05) is 13.8 Å². The molecule has 0 N–H and O–H groups in total. The summed E-state index contributed by atoms with van der Waals surface area (Å²) in [7, 11) is 0. The fourth-order valence-corrected chi connectivity index (χ4v) is 1.52. The van der Waals surface area contributed by atoms with E-state index in [-0.39, 0.29) is 50.1 Å². The summed E-state index contributed by atoms with van der Waals surface area (Å²) in [5, 5.41) is 20.9. The summed E-state index contributed by atoms with van der Waals surface area (Å²) in [4.78, 5) is 20.9. The van der Waals surface area contributed by atoms with Crippen molar-refractivity contribution in [1.82, 2.24) is 0 Å². The number of rotatable bonds is 7. The first kappa shape index (κ1) is 17.6. The van der Waals surface area contributed by atoms with E-state index in [9.17, 15) is 19.8 Å². The smallest absolute Gasteiger partial charge is 0.549 e. The van der Waals surface area contributed by atoms with E-state index >= 15 is 0 Å². The molecule has 82 valence electrons. The van der Waals surface area contributed by atoms with E-state index in [4.69, 9.17) is 0 Å². The zero-order chi connectivity index (χ0) is 11.1. The van der Waals surface area contributed by atoms with E-state index in [1.165, 1.54) is 0 Å². The van der Waals surface area contributed by atoms with Crippen LogP contribution >= 0.6 is 0 Å². The van der Waals surface area contributed by atoms with Gasteiger partial charge in [-0.15, -0.1) is 0 Å². The van der Waals surface area contributed by atoms with Gasteiger partial charge in [-0.1, -0.05) is 33.1 Å². The first-order valence-corrected chi connectivity index (χ1v) is 4.94. The minimum Gasteiger partial charge on any atom is -0.549 e. The Morgan fingerprint density at radius 1 is 1.13 bits per heavy atom. The van der Waals surface area contributed by atoms with Gasteiger partial charge in [-0.2, -0.15) is 0 Å². The Hall–Kier alpha value is 0.200. The largest absolute Gasteiger partial charge is 2.00 e. The molecule has 1 atom stereocenters. The van der Waals surface area contributed by atoms with Gasteiger partial charge >= 0.3 is 37.7 Å². The van der Waals surface area contributed by atoms with Crippen LogP contribution in [0.3, 0.4) is 0 Å². The third-order valence-corrected chi connectivity index (χ3v) is 2.41. The molecule has 0 bridgehead atoms. The van der Waals surface area contributed by atoms with Gasteiger partial charge in [0, 0.05) is 5.92 Å². The van der Waals surface area contributed by atoms with E-state index in [2.05, 4.69) is 0 Å². The van der Waals surface area contributed by atoms with Crippen molar-refractivity contribution in [2.45, 2.75) is 39.5 Å². The Labute approximate surface area is 120 Å². The summed E-state index contributed by atoms with van der Waals surface area (Å²) >= 11 is 0. The number of hydrogen-bond donors (Lipinski definition) is 0. The minimum atomic E-state index is -1.54. The van der Waals surface area contributed by atoms with Crippen LogP contribution in [0.2, 0.25) is 0 Å². The van der Waals surface area contributed by atoms with Crippen LogP contribution in [-0.2, 0) is 9.59 Å². The van der Waals surface area contributed by atoms with E-state index in [0.29, 0.717) is 0 Å². The molecular formula is C10H16CaO4. The molecule has 0 aliphatic rings. The fraction of sp³-hybridized carbons (Fsp3) is 0.800. The Kier molecular flexibility index (Phi) is 11.1. The van der Waals surface area contributed by atoms with Gasteiger partial charge in [0.1, 0.15) is 0 Å². The SMILES string of the molecule is CCCC(CC)CC(C(=O)[O-])C(=O)[O-].[Ca+2]. The van der Waals surface area contributed by atoms with Crippen molar-refractivity contribution in [2.24, 2.45) is 11.8 Å². The van der Waals surface area contributed by atoms with Crippen LogP contribution in [0.25, 0.3) is 0 Å². The molecule has 0 aliphatic heterocycles. The van der Waals surface area contributed by atoms with Crippen molar-refractivity contribution in [3.05, 3.63) is 0 Å². The van der Waals surface area contributed by atoms with Gasteiger partial charge in [-0.25, -0.2) is 0 Å². The number of carbonyl (C=O) groups excluding carboxylic acids is 2. The first-order chi connectivity index (χ1) is 6.52. The van der Waals surface area contributed by atoms with Crippen molar-refractivity contribution in [3.8, 4) is 0 Å². The Morgan fingerprint density at radius 3 is 1.87 bits per heavy atom. The van der Waals surface area contributed by atoms with E-state index in [1.54, 1.807) is 0 Å². The average Bonchev–Trinajstić information content (AvgIpc) is 2.10. The van der Waals surface area contributed by atoms with Crippen molar-refractivity contribution in [1.29, 1.82) is 0 Å². The van der Waals surface area contributed by atoms with Crippen LogP contribution in [0.4, 0.5) is 0 Å². The molecule has 0 aromatic rings. The molecule has 0 aromatic carbocycles. The molecule has 0 saturated heterocycles. The standard InChI is InChI=1S/C10H18O4.Ca/c1-3-5-7(4-2)6-8(9(11)12)10(13)14;/h7-8H,3-6H2,1-2H3,(H,11,12)(H,13,14);/q;+2/p-2. The Balaban J connectivity index is 0. The molecule has 4 nitrogen and oxygen atoms in total. The summed E-state index contributed by atoms with van der Waals surface area (Å²) < 4.78 is 0. The van der Waals surface area contributed by atoms with Crippen molar-refractivity contribution >= 4 is 49.7 Å². The van der Waals surface area contributed by atoms with Crippen molar-refractivity contribution < 1.29 is 19.8 Å². The fourth-order valence-electron chi connectivity index (χ4n) is 1.52. The number of carbonyl (C=O) groups is 2. The summed E-state index contributed by atoms with van der Waals surface area (Å²) in [6, 6.07) is 0. The predicted octanol–water partition coefficient (Wildman–Crippen LogP) is -1.06. The van der Waals surface area contributed by atoms with Crippen molar-refractivity contribution in [2.75, 3.05) is 0 Å². The zero-order valence-electron chi connectivity index (χ0n) is 9.32. The molecule has 5 heteroatoms. The van der Waals surface area contributed by atoms with Gasteiger partial charge in [-0.3, -0.25) is 0 Å². The first-order valence-electron chi connectivity index (χ1n) is 4.94. The topological polar surface area (TPSA) is 80.3 Å². The molecule has 0 heterocycles. The van der Waals surface area contributed by atoms with E-state index < -0.39 is 17.9 Å². The number of carboxylic acid groups (broad SMARTS) is 2. The van der Waals surface area contributed by atoms with Crippen LogP contribution < -0.4 is 10.2 Å². The molecular weight excluding hydrogens is 224 g/mol. The predicted molar refractivity (Wildman–Crippen MR) is 52.6 cm³/mol. The normalized spacial score (nSPS) is 11.9. The summed E-state index contributed by atoms with van der Waals surface area (Å²) in [5.41, 5.74) is 0. The average molecular weight is 240 g/mol. The third-order valence-electron chi connectivity index (χ3n) is 2.41. The van der Waals surface area contributed by atoms with Crippen LogP contribution in [0.1, 0.15) is 39.5 Å². The van der Waals surface area contributed by atoms with Gasteiger partial charge in [0.15, 0.2) is 0 Å². The van der Waals surface area contributed by atoms with Crippen molar-refractivity contribution in [3.63, 3.8) is 0 Å². The second kappa shape index (κ2) is 9.43. The third kappa shape index (κ3) is 7.14. The van der Waals surface area contributed by atoms with Gasteiger partial charge in [0.25, 0.3) is 0 Å². The molecule has 0 radical (unpaired) electrons. The van der Waals surface area contributed by atoms with Gasteiger partial charge in [0.05, 0.1) is 11.9 Å². The van der Waals surface area contributed by atoms with E-state index in [0.717, 1.165) is 19.3 Å². The Bertz CT molecular complexity index is 192. The quantitative estimate of drug-likeness (QED) is 0.419. The molecule has 15 heavy (non-hydrogen) atoms. The minimum absolute atomic E-state index is 0. The number of aliphatic carboxylic acids is 2. The zero-order valence-corrected chi connectivity index (χ0v) is 11.5. The van der Waals surface area contributed by atoms with Gasteiger partial charge in [-0.05, 0) is 12.3 Å². The number of carboxylic acids is 2. The van der Waals surface area contributed by atoms with Crippen LogP contribution in [-0.4, -0.2) is 49.7 Å². The summed E-state index contributed by atoms with van der Waals surface area (Å²) in [6.07, 6.45) is 2.67. The molecule has 0 aromatic heterocycles. The molecule has 0 aliphatic carbocycles. The maximum Gasteiger partial charge on any atom is 2.00 e. The molecule has 0 saturated carbocycles. The van der Waals surface area contributed by atoms with Crippen LogP contribution in [0.5, 0.6) is 0 Å².